The summed E-state index contributed by atoms with van der Waals surface area (Å²) in [6.07, 6.45) is 5.37. The van der Waals surface area contributed by atoms with Crippen molar-refractivity contribution in [3.05, 3.63) is 52.5 Å². The Balaban J connectivity index is 1.45. The van der Waals surface area contributed by atoms with Gasteiger partial charge >= 0.3 is 11.7 Å². The molecule has 26 heavy (non-hydrogen) atoms. The van der Waals surface area contributed by atoms with E-state index in [1.54, 1.807) is 17.0 Å². The molecule has 0 aromatic carbocycles. The van der Waals surface area contributed by atoms with Crippen LogP contribution in [-0.4, -0.2) is 31.9 Å². The highest BCUT2D eigenvalue weighted by molar-refractivity contribution is 7.14. The molecule has 0 unspecified atom stereocenters. The molecule has 1 aliphatic rings. The number of pyridine rings is 1. The Morgan fingerprint density at radius 1 is 1.31 bits per heavy atom. The Hall–Kier alpha value is -2.94. The number of rotatable bonds is 6. The van der Waals surface area contributed by atoms with Gasteiger partial charge in [0.15, 0.2) is 5.82 Å². The van der Waals surface area contributed by atoms with Crippen molar-refractivity contribution >= 4 is 22.4 Å². The number of carbonyl (C=O) groups excluding carboxylic acids is 1. The summed E-state index contributed by atoms with van der Waals surface area (Å²) in [4.78, 5) is 28.7. The van der Waals surface area contributed by atoms with Gasteiger partial charge < -0.3 is 5.32 Å². The highest BCUT2D eigenvalue weighted by Gasteiger charge is 2.30. The predicted octanol–water partition coefficient (Wildman–Crippen LogP) is 2.32. The molecule has 0 bridgehead atoms. The molecule has 0 aliphatic heterocycles. The first-order valence-corrected chi connectivity index (χ1v) is 9.28. The average molecular weight is 370 g/mol. The summed E-state index contributed by atoms with van der Waals surface area (Å²) in [7, 11) is 0. The lowest BCUT2D eigenvalue weighted by Gasteiger charge is -2.05. The molecule has 134 valence electrons. The first-order chi connectivity index (χ1) is 12.7. The minimum absolute atomic E-state index is 0.146. The largest absolute Gasteiger partial charge is 0.346 e. The van der Waals surface area contributed by atoms with Crippen LogP contribution in [0.4, 0.5) is 9.80 Å². The molecular weight excluding hydrogens is 352 g/mol. The molecule has 0 spiro atoms. The second-order valence-electron chi connectivity index (χ2n) is 6.03. The van der Waals surface area contributed by atoms with Crippen molar-refractivity contribution in [2.24, 2.45) is 0 Å². The monoisotopic (exact) mass is 370 g/mol. The summed E-state index contributed by atoms with van der Waals surface area (Å²) >= 11 is 1.45. The van der Waals surface area contributed by atoms with Crippen molar-refractivity contribution in [3.63, 3.8) is 0 Å². The van der Waals surface area contributed by atoms with Crippen molar-refractivity contribution in [3.8, 4) is 11.4 Å². The molecule has 0 atom stereocenters. The van der Waals surface area contributed by atoms with Gasteiger partial charge in [-0.15, -0.1) is 16.4 Å². The van der Waals surface area contributed by atoms with E-state index in [1.165, 1.54) is 16.0 Å². The molecule has 2 amide bonds. The van der Waals surface area contributed by atoms with Gasteiger partial charge in [-0.3, -0.25) is 14.9 Å². The molecule has 0 saturated heterocycles. The van der Waals surface area contributed by atoms with Crippen LogP contribution < -0.4 is 16.3 Å². The van der Waals surface area contributed by atoms with E-state index in [0.29, 0.717) is 18.9 Å². The number of amides is 2. The van der Waals surface area contributed by atoms with Gasteiger partial charge in [0.05, 0.1) is 11.5 Å². The summed E-state index contributed by atoms with van der Waals surface area (Å²) < 4.78 is 3.15. The van der Waals surface area contributed by atoms with E-state index in [2.05, 4.69) is 20.7 Å². The predicted molar refractivity (Wildman–Crippen MR) is 99.3 cm³/mol. The van der Waals surface area contributed by atoms with Crippen LogP contribution in [0.2, 0.25) is 0 Å². The first-order valence-electron chi connectivity index (χ1n) is 8.40. The van der Waals surface area contributed by atoms with Gasteiger partial charge in [0.25, 0.3) is 0 Å². The minimum Gasteiger partial charge on any atom is -0.336 e. The van der Waals surface area contributed by atoms with Gasteiger partial charge in [-0.25, -0.2) is 14.3 Å². The fraction of sp³-hybridized carbons (Fsp3) is 0.294. The Morgan fingerprint density at radius 3 is 2.88 bits per heavy atom. The molecule has 1 aliphatic carbocycles. The standard InChI is InChI=1S/C17H18N6O2S/c24-16(20-14-4-2-10-26-14)19-8-9-22-17(25)23(13-5-6-13)15(21-22)12-3-1-7-18-11-12/h1-4,7,10-11,13H,5-6,8-9H2,(H2,19,20,24). The second-order valence-corrected chi connectivity index (χ2v) is 6.98. The van der Waals surface area contributed by atoms with Crippen LogP contribution in [0, 0.1) is 0 Å². The molecule has 1 fully saturated rings. The van der Waals surface area contributed by atoms with Crippen LogP contribution >= 0.6 is 11.3 Å². The van der Waals surface area contributed by atoms with Crippen molar-refractivity contribution in [1.29, 1.82) is 0 Å². The highest BCUT2D eigenvalue weighted by Crippen LogP contribution is 2.36. The zero-order chi connectivity index (χ0) is 17.9. The number of hydrogen-bond donors (Lipinski definition) is 2. The number of nitrogens with one attached hydrogen (secondary N) is 2. The maximum absolute atomic E-state index is 12.7. The number of carbonyl (C=O) groups is 1. The summed E-state index contributed by atoms with van der Waals surface area (Å²) in [6, 6.07) is 7.32. The number of thiophene rings is 1. The number of urea groups is 1. The zero-order valence-electron chi connectivity index (χ0n) is 14.0. The molecule has 3 aromatic heterocycles. The number of anilines is 1. The van der Waals surface area contributed by atoms with E-state index in [9.17, 15) is 9.59 Å². The van der Waals surface area contributed by atoms with Gasteiger partial charge in [0, 0.05) is 30.5 Å². The first kappa shape index (κ1) is 16.5. The normalized spacial score (nSPS) is 13.5. The molecule has 4 rings (SSSR count). The van der Waals surface area contributed by atoms with Gasteiger partial charge in [-0.05, 0) is 42.5 Å². The van der Waals surface area contributed by atoms with E-state index < -0.39 is 0 Å². The van der Waals surface area contributed by atoms with Crippen LogP contribution in [-0.2, 0) is 6.54 Å². The number of aromatic nitrogens is 4. The van der Waals surface area contributed by atoms with E-state index in [0.717, 1.165) is 23.4 Å². The van der Waals surface area contributed by atoms with Crippen molar-refractivity contribution < 1.29 is 4.79 Å². The Morgan fingerprint density at radius 2 is 2.19 bits per heavy atom. The van der Waals surface area contributed by atoms with Crippen molar-refractivity contribution in [2.45, 2.75) is 25.4 Å². The average Bonchev–Trinajstić information content (AvgIpc) is 3.26. The van der Waals surface area contributed by atoms with E-state index >= 15 is 0 Å². The topological polar surface area (TPSA) is 93.8 Å². The maximum Gasteiger partial charge on any atom is 0.346 e. The molecule has 9 heteroatoms. The van der Waals surface area contributed by atoms with Gasteiger partial charge in [-0.1, -0.05) is 0 Å². The van der Waals surface area contributed by atoms with Crippen LogP contribution in [0.25, 0.3) is 11.4 Å². The van der Waals surface area contributed by atoms with Crippen molar-refractivity contribution in [1.82, 2.24) is 24.6 Å². The minimum atomic E-state index is -0.297. The van der Waals surface area contributed by atoms with Crippen LogP contribution in [0.3, 0.4) is 0 Å². The zero-order valence-corrected chi connectivity index (χ0v) is 14.8. The smallest absolute Gasteiger partial charge is 0.336 e. The lowest BCUT2D eigenvalue weighted by molar-refractivity contribution is 0.251. The highest BCUT2D eigenvalue weighted by atomic mass is 32.1. The quantitative estimate of drug-likeness (QED) is 0.696. The SMILES string of the molecule is O=C(NCCn1nc(-c2cccnc2)n(C2CC2)c1=O)Nc1cccs1. The van der Waals surface area contributed by atoms with E-state index in [-0.39, 0.29) is 17.8 Å². The molecule has 3 aromatic rings. The maximum atomic E-state index is 12.7. The second kappa shape index (κ2) is 7.12. The molecular formula is C17H18N6O2S. The van der Waals surface area contributed by atoms with Crippen LogP contribution in [0.1, 0.15) is 18.9 Å². The van der Waals surface area contributed by atoms with Gasteiger partial charge in [-0.2, -0.15) is 0 Å². The third kappa shape index (κ3) is 3.52. The number of hydrogen-bond acceptors (Lipinski definition) is 5. The third-order valence-corrected chi connectivity index (χ3v) is 4.85. The summed E-state index contributed by atoms with van der Waals surface area (Å²) in [6.45, 7) is 0.620. The molecule has 3 heterocycles. The van der Waals surface area contributed by atoms with Gasteiger partial charge in [0.1, 0.15) is 0 Å². The summed E-state index contributed by atoms with van der Waals surface area (Å²) in [5.41, 5.74) is 0.672. The third-order valence-electron chi connectivity index (χ3n) is 4.07. The molecule has 1 saturated carbocycles. The van der Waals surface area contributed by atoms with Crippen LogP contribution in [0.5, 0.6) is 0 Å². The Bertz CT molecular complexity index is 944. The molecule has 0 radical (unpaired) electrons. The fourth-order valence-electron chi connectivity index (χ4n) is 2.70. The lowest BCUT2D eigenvalue weighted by atomic mass is 10.3. The lowest BCUT2D eigenvalue weighted by Crippen LogP contribution is -2.34. The summed E-state index contributed by atoms with van der Waals surface area (Å²) in [5.74, 6) is 0.633. The van der Waals surface area contributed by atoms with Crippen molar-refractivity contribution in [2.75, 3.05) is 11.9 Å². The van der Waals surface area contributed by atoms with E-state index in [1.807, 2.05) is 29.6 Å². The molecule has 8 nitrogen and oxygen atoms in total. The van der Waals surface area contributed by atoms with E-state index in [4.69, 9.17) is 0 Å². The number of nitrogens with zero attached hydrogens (tertiary/aromatic N) is 4. The Labute approximate surface area is 153 Å². The summed E-state index contributed by atoms with van der Waals surface area (Å²) in [5, 5.41) is 12.6. The molecule has 2 N–H and O–H groups in total. The van der Waals surface area contributed by atoms with Crippen LogP contribution in [0.15, 0.2) is 46.8 Å². The fourth-order valence-corrected chi connectivity index (χ4v) is 3.31. The van der Waals surface area contributed by atoms with Gasteiger partial charge in [0.2, 0.25) is 0 Å². The Kier molecular flexibility index (Phi) is 4.53.